The molecule has 1 atom stereocenters. The van der Waals surface area contributed by atoms with Crippen LogP contribution < -0.4 is 11.2 Å². The normalized spacial score (nSPS) is 16.6. The Hall–Kier alpha value is -2.49. The fourth-order valence-electron chi connectivity index (χ4n) is 3.13. The Morgan fingerprint density at radius 1 is 1.25 bits per heavy atom. The van der Waals surface area contributed by atoms with Crippen LogP contribution in [0.3, 0.4) is 0 Å². The molecule has 0 saturated carbocycles. The van der Waals surface area contributed by atoms with Crippen molar-refractivity contribution in [1.82, 2.24) is 9.66 Å². The molecule has 4 rings (SSSR count). The third kappa shape index (κ3) is 1.39. The summed E-state index contributed by atoms with van der Waals surface area (Å²) in [6.07, 6.45) is 4.82. The molecule has 1 aliphatic heterocycles. The Kier molecular flexibility index (Phi) is 2.27. The van der Waals surface area contributed by atoms with Gasteiger partial charge in [0.05, 0.1) is 6.04 Å². The minimum atomic E-state index is 0.258. The molecule has 0 fully saturated rings. The van der Waals surface area contributed by atoms with Crippen LogP contribution >= 0.6 is 0 Å². The molecule has 4 heteroatoms. The number of nitrogen functional groups attached to an aromatic ring is 1. The van der Waals surface area contributed by atoms with Crippen molar-refractivity contribution in [3.63, 3.8) is 0 Å². The summed E-state index contributed by atoms with van der Waals surface area (Å²) in [5.74, 6) is 6.06. The molecular formula is C16H16N4. The number of anilines is 1. The van der Waals surface area contributed by atoms with Crippen molar-refractivity contribution >= 4 is 16.7 Å². The second-order valence-electron chi connectivity index (χ2n) is 5.20. The van der Waals surface area contributed by atoms with Crippen molar-refractivity contribution in [2.45, 2.75) is 19.4 Å². The number of nitrogens with zero attached hydrogens (tertiary/aromatic N) is 2. The van der Waals surface area contributed by atoms with Gasteiger partial charge in [0.15, 0.2) is 5.65 Å². The number of para-hydroxylation sites is 1. The van der Waals surface area contributed by atoms with Crippen molar-refractivity contribution in [1.29, 1.82) is 0 Å². The molecular weight excluding hydrogens is 248 g/mol. The molecule has 4 nitrogen and oxygen atoms in total. The van der Waals surface area contributed by atoms with Crippen LogP contribution in [0.25, 0.3) is 22.2 Å². The zero-order valence-electron chi connectivity index (χ0n) is 11.3. The molecule has 0 aliphatic carbocycles. The first-order valence-electron chi connectivity index (χ1n) is 6.90. The highest BCUT2D eigenvalue weighted by Gasteiger charge is 2.24. The number of aromatic nitrogens is 2. The highest BCUT2D eigenvalue weighted by Crippen LogP contribution is 2.42. The third-order valence-electron chi connectivity index (χ3n) is 4.07. The minimum Gasteiger partial charge on any atom is -0.378 e. The second-order valence-corrected chi connectivity index (χ2v) is 5.20. The van der Waals surface area contributed by atoms with Crippen LogP contribution in [0.4, 0.5) is 5.69 Å². The van der Waals surface area contributed by atoms with Crippen molar-refractivity contribution < 1.29 is 0 Å². The van der Waals surface area contributed by atoms with Gasteiger partial charge in [-0.2, -0.15) is 0 Å². The number of pyridine rings is 1. The van der Waals surface area contributed by atoms with Gasteiger partial charge in [-0.25, -0.2) is 4.98 Å². The maximum atomic E-state index is 6.06. The minimum absolute atomic E-state index is 0.258. The molecule has 3 N–H and O–H groups in total. The summed E-state index contributed by atoms with van der Waals surface area (Å²) in [5.41, 5.74) is 5.65. The van der Waals surface area contributed by atoms with Crippen LogP contribution in [0, 0.1) is 0 Å². The van der Waals surface area contributed by atoms with Gasteiger partial charge < -0.3 is 11.2 Å². The standard InChI is InChI=1S/C16H16N4/c1-2-13-12-9-20(17)16-15(12)11(7-8-18-16)10-5-3-4-6-14(10)19-13/h3-9,13,19H,2,17H2,1H3. The fraction of sp³-hybridized carbons (Fsp3) is 0.188. The summed E-state index contributed by atoms with van der Waals surface area (Å²) in [7, 11) is 0. The number of nitrogens with two attached hydrogens (primary N) is 1. The third-order valence-corrected chi connectivity index (χ3v) is 4.07. The average Bonchev–Trinajstić information content (AvgIpc) is 2.75. The molecule has 1 aromatic carbocycles. The van der Waals surface area contributed by atoms with E-state index in [1.807, 2.05) is 12.4 Å². The van der Waals surface area contributed by atoms with E-state index in [2.05, 4.69) is 47.6 Å². The highest BCUT2D eigenvalue weighted by atomic mass is 15.3. The van der Waals surface area contributed by atoms with Gasteiger partial charge >= 0.3 is 0 Å². The number of rotatable bonds is 1. The smallest absolute Gasteiger partial charge is 0.159 e. The zero-order chi connectivity index (χ0) is 13.7. The number of nitrogens with one attached hydrogen (secondary N) is 1. The Morgan fingerprint density at radius 3 is 2.95 bits per heavy atom. The molecule has 20 heavy (non-hydrogen) atoms. The van der Waals surface area contributed by atoms with E-state index in [1.54, 1.807) is 4.68 Å². The van der Waals surface area contributed by atoms with Gasteiger partial charge in [-0.05, 0) is 24.1 Å². The van der Waals surface area contributed by atoms with Gasteiger partial charge in [-0.15, -0.1) is 0 Å². The summed E-state index contributed by atoms with van der Waals surface area (Å²) in [6, 6.07) is 10.7. The molecule has 0 saturated heterocycles. The van der Waals surface area contributed by atoms with E-state index in [1.165, 1.54) is 27.8 Å². The predicted molar refractivity (Wildman–Crippen MR) is 82.0 cm³/mol. The van der Waals surface area contributed by atoms with Crippen LogP contribution in [-0.4, -0.2) is 9.66 Å². The number of hydrogen-bond acceptors (Lipinski definition) is 3. The summed E-state index contributed by atoms with van der Waals surface area (Å²) in [6.45, 7) is 2.18. The lowest BCUT2D eigenvalue weighted by molar-refractivity contribution is 0.754. The monoisotopic (exact) mass is 264 g/mol. The molecule has 2 aromatic heterocycles. The number of benzene rings is 1. The van der Waals surface area contributed by atoms with Gasteiger partial charge in [0.1, 0.15) is 0 Å². The largest absolute Gasteiger partial charge is 0.378 e. The van der Waals surface area contributed by atoms with E-state index in [-0.39, 0.29) is 6.04 Å². The van der Waals surface area contributed by atoms with E-state index in [0.717, 1.165) is 12.1 Å². The molecule has 0 bridgehead atoms. The molecule has 1 unspecified atom stereocenters. The van der Waals surface area contributed by atoms with E-state index in [9.17, 15) is 0 Å². The van der Waals surface area contributed by atoms with Crippen LogP contribution in [0.5, 0.6) is 0 Å². The Labute approximate surface area is 117 Å². The summed E-state index contributed by atoms with van der Waals surface area (Å²) < 4.78 is 1.63. The lowest BCUT2D eigenvalue weighted by Crippen LogP contribution is -2.10. The summed E-state index contributed by atoms with van der Waals surface area (Å²) >= 11 is 0. The van der Waals surface area contributed by atoms with Crippen molar-refractivity contribution in [2.75, 3.05) is 11.2 Å². The molecule has 3 aromatic rings. The summed E-state index contributed by atoms with van der Waals surface area (Å²) in [5, 5.41) is 4.80. The lowest BCUT2D eigenvalue weighted by atomic mass is 10.00. The van der Waals surface area contributed by atoms with E-state index in [0.29, 0.717) is 0 Å². The number of hydrogen-bond donors (Lipinski definition) is 2. The number of fused-ring (bicyclic) bond motifs is 2. The maximum Gasteiger partial charge on any atom is 0.159 e. The van der Waals surface area contributed by atoms with Gasteiger partial charge in [0.25, 0.3) is 0 Å². The zero-order valence-corrected chi connectivity index (χ0v) is 11.3. The van der Waals surface area contributed by atoms with Crippen LogP contribution in [0.15, 0.2) is 42.7 Å². The van der Waals surface area contributed by atoms with Crippen LogP contribution in [-0.2, 0) is 0 Å². The Morgan fingerprint density at radius 2 is 2.10 bits per heavy atom. The molecule has 3 heterocycles. The topological polar surface area (TPSA) is 55.9 Å². The first-order chi connectivity index (χ1) is 9.79. The van der Waals surface area contributed by atoms with Gasteiger partial charge in [0.2, 0.25) is 0 Å². The van der Waals surface area contributed by atoms with Crippen LogP contribution in [0.2, 0.25) is 0 Å². The van der Waals surface area contributed by atoms with Gasteiger partial charge in [-0.3, -0.25) is 4.68 Å². The van der Waals surface area contributed by atoms with Crippen LogP contribution in [0.1, 0.15) is 24.9 Å². The molecule has 100 valence electrons. The molecule has 0 spiro atoms. The predicted octanol–water partition coefficient (Wildman–Crippen LogP) is 3.29. The van der Waals surface area contributed by atoms with Gasteiger partial charge in [0, 0.05) is 34.6 Å². The van der Waals surface area contributed by atoms with Crippen molar-refractivity contribution in [3.8, 4) is 11.1 Å². The fourth-order valence-corrected chi connectivity index (χ4v) is 3.13. The molecule has 0 radical (unpaired) electrons. The quantitative estimate of drug-likeness (QED) is 0.663. The van der Waals surface area contributed by atoms with Gasteiger partial charge in [-0.1, -0.05) is 25.1 Å². The average molecular weight is 264 g/mol. The Balaban J connectivity index is 2.16. The van der Waals surface area contributed by atoms with E-state index >= 15 is 0 Å². The van der Waals surface area contributed by atoms with Crippen molar-refractivity contribution in [3.05, 3.63) is 48.3 Å². The first-order valence-corrected chi connectivity index (χ1v) is 6.90. The maximum absolute atomic E-state index is 6.06. The second kappa shape index (κ2) is 4.00. The first kappa shape index (κ1) is 11.3. The molecule has 1 aliphatic rings. The van der Waals surface area contributed by atoms with Crippen molar-refractivity contribution in [2.24, 2.45) is 0 Å². The molecule has 0 amide bonds. The van der Waals surface area contributed by atoms with E-state index in [4.69, 9.17) is 5.84 Å². The summed E-state index contributed by atoms with van der Waals surface area (Å²) in [4.78, 5) is 4.44. The highest BCUT2D eigenvalue weighted by molar-refractivity contribution is 6.01. The SMILES string of the molecule is CCC1Nc2ccccc2-c2ccnc3c2c1cn3N. The van der Waals surface area contributed by atoms with E-state index < -0.39 is 0 Å². The lowest BCUT2D eigenvalue weighted by Gasteiger charge is -2.16. The Bertz CT molecular complexity index is 803.